The number of aliphatic imine (C=N–C) groups is 1. The summed E-state index contributed by atoms with van der Waals surface area (Å²) in [6.07, 6.45) is 13.9. The van der Waals surface area contributed by atoms with Gasteiger partial charge >= 0.3 is 5.82 Å². The molecule has 1 fully saturated rings. The molecule has 0 spiro atoms. The molecule has 4 nitrogen and oxygen atoms in total. The first-order chi connectivity index (χ1) is 28.8. The van der Waals surface area contributed by atoms with Crippen LogP contribution in [-0.2, 0) is 6.42 Å². The Labute approximate surface area is 350 Å². The lowest BCUT2D eigenvalue weighted by Crippen LogP contribution is -2.38. The third-order valence-electron chi connectivity index (χ3n) is 13.9. The van der Waals surface area contributed by atoms with Gasteiger partial charge in [-0.05, 0) is 91.2 Å². The lowest BCUT2D eigenvalue weighted by atomic mass is 9.78. The van der Waals surface area contributed by atoms with Gasteiger partial charge in [-0.3, -0.25) is 4.99 Å². The van der Waals surface area contributed by atoms with E-state index < -0.39 is 0 Å². The third kappa shape index (κ3) is 6.51. The summed E-state index contributed by atoms with van der Waals surface area (Å²) >= 11 is 0. The largest absolute Gasteiger partial charge is 0.455 e. The molecule has 10 rings (SSSR count). The van der Waals surface area contributed by atoms with E-state index in [0.29, 0.717) is 11.8 Å². The molecule has 0 N–H and O–H groups in total. The second-order valence-electron chi connectivity index (χ2n) is 18.5. The van der Waals surface area contributed by atoms with Crippen molar-refractivity contribution < 1.29 is 8.98 Å². The minimum Gasteiger partial charge on any atom is -0.455 e. The van der Waals surface area contributed by atoms with Crippen LogP contribution in [0.4, 0.5) is 0 Å². The van der Waals surface area contributed by atoms with Crippen LogP contribution in [0.25, 0.3) is 55.7 Å². The Bertz CT molecular complexity index is 2780. The Balaban J connectivity index is 1.21. The number of benzene rings is 5. The summed E-state index contributed by atoms with van der Waals surface area (Å²) in [5.74, 6) is 3.75. The molecule has 5 aromatic carbocycles. The van der Waals surface area contributed by atoms with E-state index in [2.05, 4.69) is 159 Å². The number of hydrogen-bond acceptors (Lipinski definition) is 2. The van der Waals surface area contributed by atoms with Crippen molar-refractivity contribution in [2.75, 3.05) is 0 Å². The van der Waals surface area contributed by atoms with Gasteiger partial charge in [-0.25, -0.2) is 0 Å². The van der Waals surface area contributed by atoms with Crippen molar-refractivity contribution in [3.8, 4) is 17.1 Å². The maximum absolute atomic E-state index is 7.03. The highest BCUT2D eigenvalue weighted by Crippen LogP contribution is 2.46. The molecule has 4 heterocycles. The molecule has 2 aromatic heterocycles. The van der Waals surface area contributed by atoms with Gasteiger partial charge in [0.1, 0.15) is 22.5 Å². The number of nitrogens with zero attached hydrogens (tertiary/aromatic N) is 3. The van der Waals surface area contributed by atoms with E-state index in [0.717, 1.165) is 87.8 Å². The summed E-state index contributed by atoms with van der Waals surface area (Å²) in [4.78, 5) is 5.71. The summed E-state index contributed by atoms with van der Waals surface area (Å²) in [7, 11) is 0. The van der Waals surface area contributed by atoms with Gasteiger partial charge in [0.2, 0.25) is 0 Å². The van der Waals surface area contributed by atoms with E-state index in [9.17, 15) is 0 Å². The topological polar surface area (TPSA) is 34.3 Å². The lowest BCUT2D eigenvalue weighted by Gasteiger charge is -2.32. The molecule has 298 valence electrons. The maximum Gasteiger partial charge on any atom is 0.304 e. The van der Waals surface area contributed by atoms with E-state index in [1.807, 2.05) is 0 Å². The van der Waals surface area contributed by atoms with E-state index >= 15 is 0 Å². The second kappa shape index (κ2) is 15.3. The Morgan fingerprint density at radius 3 is 2.39 bits per heavy atom. The number of rotatable bonds is 7. The van der Waals surface area contributed by atoms with Crippen LogP contribution in [0.15, 0.2) is 131 Å². The minimum atomic E-state index is 0.0563. The molecule has 3 aliphatic rings. The average molecular weight is 777 g/mol. The molecule has 0 saturated heterocycles. The monoisotopic (exact) mass is 776 g/mol. The first-order valence-electron chi connectivity index (χ1n) is 22.4. The highest BCUT2D eigenvalue weighted by molar-refractivity contribution is 6.11. The molecule has 2 aliphatic heterocycles. The SMILES string of the molecule is C=C1CC2N=C(/C=C\CCC3CCC(C)C3)c3ccccc3C2CCc2ccc3c(oc4ccccc43)c2-c2n(-c3c(C(C)C)cccc3C(C)C)c3ccccc3[n+]21. The Morgan fingerprint density at radius 2 is 1.59 bits per heavy atom. The van der Waals surface area contributed by atoms with Crippen molar-refractivity contribution in [3.63, 3.8) is 0 Å². The van der Waals surface area contributed by atoms with Gasteiger partial charge in [0.15, 0.2) is 16.6 Å². The molecule has 0 amide bonds. The van der Waals surface area contributed by atoms with Crippen molar-refractivity contribution in [1.82, 2.24) is 4.57 Å². The standard InChI is InChI=1S/C55H58N3O/c1-34(2)40-20-15-21-41(35(3)4)53(40)58-50-24-13-12-23-49(50)57-37(6)33-48-44(30-28-39-29-31-46-45-19-10-14-25-51(45)59-54(46)52(39)55(57)58)42-17-8-9-18-43(42)47(56-48)22-11-7-16-38-27-26-36(5)32-38/h8-15,17-25,29,31,34-36,38,44,48H,6-7,16,26-28,30,32-33H2,1-5H3/q+1/b22-11-. The second-order valence-corrected chi connectivity index (χ2v) is 18.5. The number of fused-ring (bicyclic) bond motifs is 12. The summed E-state index contributed by atoms with van der Waals surface area (Å²) in [5.41, 5.74) is 15.5. The maximum atomic E-state index is 7.03. The Kier molecular flexibility index (Phi) is 9.78. The number of furan rings is 1. The molecular weight excluding hydrogens is 719 g/mol. The van der Waals surface area contributed by atoms with Crippen molar-refractivity contribution in [1.29, 1.82) is 0 Å². The molecule has 4 unspecified atom stereocenters. The van der Waals surface area contributed by atoms with Crippen LogP contribution < -0.4 is 4.57 Å². The molecule has 4 atom stereocenters. The smallest absolute Gasteiger partial charge is 0.304 e. The van der Waals surface area contributed by atoms with Crippen molar-refractivity contribution >= 4 is 44.4 Å². The first kappa shape index (κ1) is 37.8. The fourth-order valence-electron chi connectivity index (χ4n) is 11.0. The Morgan fingerprint density at radius 1 is 0.831 bits per heavy atom. The zero-order valence-corrected chi connectivity index (χ0v) is 35.5. The normalized spacial score (nSPS) is 20.7. The molecule has 0 bridgehead atoms. The average Bonchev–Trinajstić information content (AvgIpc) is 3.94. The van der Waals surface area contributed by atoms with E-state index in [-0.39, 0.29) is 12.0 Å². The fraction of sp³-hybridized carbons (Fsp3) is 0.345. The number of hydrogen-bond donors (Lipinski definition) is 0. The summed E-state index contributed by atoms with van der Waals surface area (Å²) < 4.78 is 12.1. The highest BCUT2D eigenvalue weighted by Gasteiger charge is 2.40. The quantitative estimate of drug-likeness (QED) is 0.148. The number of aromatic nitrogens is 2. The van der Waals surface area contributed by atoms with Gasteiger partial charge in [0.05, 0.1) is 11.8 Å². The molecule has 1 saturated carbocycles. The highest BCUT2D eigenvalue weighted by atomic mass is 16.3. The van der Waals surface area contributed by atoms with Crippen molar-refractivity contribution in [2.45, 2.75) is 110 Å². The number of imidazole rings is 1. The number of para-hydroxylation sites is 4. The van der Waals surface area contributed by atoms with Gasteiger partial charge in [0, 0.05) is 39.8 Å². The number of aryl methyl sites for hydroxylation is 1. The van der Waals surface area contributed by atoms with Gasteiger partial charge in [0.25, 0.3) is 0 Å². The van der Waals surface area contributed by atoms with Gasteiger partial charge < -0.3 is 4.42 Å². The Hall–Kier alpha value is -5.48. The van der Waals surface area contributed by atoms with Crippen molar-refractivity contribution in [3.05, 3.63) is 150 Å². The molecule has 1 aliphatic carbocycles. The molecular formula is C55H58N3O+. The van der Waals surface area contributed by atoms with E-state index in [4.69, 9.17) is 16.0 Å². The molecule has 7 aromatic rings. The lowest BCUT2D eigenvalue weighted by molar-refractivity contribution is -0.542. The predicted octanol–water partition coefficient (Wildman–Crippen LogP) is 14.3. The molecule has 0 radical (unpaired) electrons. The van der Waals surface area contributed by atoms with Crippen LogP contribution in [0, 0.1) is 11.8 Å². The van der Waals surface area contributed by atoms with Crippen LogP contribution in [0.1, 0.15) is 125 Å². The van der Waals surface area contributed by atoms with Crippen LogP contribution in [0.5, 0.6) is 0 Å². The first-order valence-corrected chi connectivity index (χ1v) is 22.4. The molecule has 59 heavy (non-hydrogen) atoms. The summed E-state index contributed by atoms with van der Waals surface area (Å²) in [5, 5.41) is 2.30. The number of allylic oxidation sites excluding steroid dienone is 2. The van der Waals surface area contributed by atoms with E-state index in [1.54, 1.807) is 0 Å². The van der Waals surface area contributed by atoms with Crippen LogP contribution in [0.3, 0.4) is 0 Å². The zero-order chi connectivity index (χ0) is 40.4. The predicted molar refractivity (Wildman–Crippen MR) is 247 cm³/mol. The summed E-state index contributed by atoms with van der Waals surface area (Å²) in [6.45, 7) is 16.7. The third-order valence-corrected chi connectivity index (χ3v) is 13.9. The minimum absolute atomic E-state index is 0.0563. The van der Waals surface area contributed by atoms with Gasteiger partial charge in [-0.2, -0.15) is 9.13 Å². The van der Waals surface area contributed by atoms with E-state index in [1.165, 1.54) is 64.7 Å². The fourth-order valence-corrected chi connectivity index (χ4v) is 11.0. The van der Waals surface area contributed by atoms with Gasteiger partial charge in [-0.1, -0.05) is 145 Å². The molecule has 4 heteroatoms. The van der Waals surface area contributed by atoms with Crippen LogP contribution in [0.2, 0.25) is 0 Å². The zero-order valence-electron chi connectivity index (χ0n) is 35.5. The summed E-state index contributed by atoms with van der Waals surface area (Å²) in [6, 6.07) is 38.2. The van der Waals surface area contributed by atoms with Gasteiger partial charge in [-0.15, -0.1) is 0 Å². The van der Waals surface area contributed by atoms with Crippen LogP contribution >= 0.6 is 0 Å². The van der Waals surface area contributed by atoms with Crippen LogP contribution in [-0.4, -0.2) is 16.3 Å². The van der Waals surface area contributed by atoms with Crippen molar-refractivity contribution in [2.24, 2.45) is 16.8 Å².